The lowest BCUT2D eigenvalue weighted by Gasteiger charge is -2.55. The van der Waals surface area contributed by atoms with Crippen molar-refractivity contribution in [1.29, 1.82) is 0 Å². The minimum absolute atomic E-state index is 0.128. The fraction of sp³-hybridized carbons (Fsp3) is 0.619. The number of fused-ring (bicyclic) bond motifs is 4. The van der Waals surface area contributed by atoms with Gasteiger partial charge in [-0.2, -0.15) is 4.31 Å². The van der Waals surface area contributed by atoms with Gasteiger partial charge in [-0.05, 0) is 62.8 Å². The third-order valence-electron chi connectivity index (χ3n) is 7.20. The molecule has 1 spiro atoms. The van der Waals surface area contributed by atoms with Crippen molar-refractivity contribution in [2.45, 2.75) is 67.3 Å². The fourth-order valence-corrected chi connectivity index (χ4v) is 7.87. The first kappa shape index (κ1) is 21.5. The molecule has 4 aliphatic heterocycles. The average Bonchev–Trinajstić information content (AvgIpc) is 3.05. The molecule has 2 bridgehead atoms. The van der Waals surface area contributed by atoms with Crippen molar-refractivity contribution < 1.29 is 27.5 Å². The van der Waals surface area contributed by atoms with E-state index in [4.69, 9.17) is 15.2 Å². The number of nitrogens with two attached hydrogens (primary N) is 1. The zero-order chi connectivity index (χ0) is 22.5. The maximum absolute atomic E-state index is 13.5. The van der Waals surface area contributed by atoms with Crippen LogP contribution in [0.2, 0.25) is 0 Å². The van der Waals surface area contributed by atoms with Crippen molar-refractivity contribution in [3.05, 3.63) is 24.3 Å². The highest BCUT2D eigenvalue weighted by Gasteiger charge is 2.59. The number of sulfonamides is 1. The number of urea groups is 1. The maximum Gasteiger partial charge on any atom is 0.317 e. The van der Waals surface area contributed by atoms with Gasteiger partial charge in [0.1, 0.15) is 12.0 Å². The Morgan fingerprint density at radius 1 is 1.19 bits per heavy atom. The third-order valence-corrected chi connectivity index (χ3v) is 9.22. The van der Waals surface area contributed by atoms with E-state index in [9.17, 15) is 18.0 Å². The number of primary amides is 1. The van der Waals surface area contributed by atoms with Crippen LogP contribution in [0.1, 0.15) is 38.5 Å². The van der Waals surface area contributed by atoms with E-state index in [-0.39, 0.29) is 41.8 Å². The van der Waals surface area contributed by atoms with Crippen LogP contribution in [0.3, 0.4) is 0 Å². The predicted molar refractivity (Wildman–Crippen MR) is 113 cm³/mol. The van der Waals surface area contributed by atoms with Gasteiger partial charge in [-0.15, -0.1) is 0 Å². The summed E-state index contributed by atoms with van der Waals surface area (Å²) in [4.78, 5) is 23.4. The topological polar surface area (TPSA) is 140 Å². The summed E-state index contributed by atoms with van der Waals surface area (Å²) in [5, 5.41) is 6.05. The van der Waals surface area contributed by atoms with E-state index < -0.39 is 21.5 Å². The fourth-order valence-electron chi connectivity index (χ4n) is 6.00. The molecule has 3 amide bonds. The van der Waals surface area contributed by atoms with Crippen molar-refractivity contribution >= 4 is 22.0 Å². The van der Waals surface area contributed by atoms with Crippen LogP contribution in [0.15, 0.2) is 29.2 Å². The highest BCUT2D eigenvalue weighted by molar-refractivity contribution is 7.89. The number of ether oxygens (including phenoxy) is 2. The Hall–Kier alpha value is -2.37. The second kappa shape index (κ2) is 7.89. The normalized spacial score (nSPS) is 34.4. The van der Waals surface area contributed by atoms with Gasteiger partial charge in [0.15, 0.2) is 6.61 Å². The third kappa shape index (κ3) is 3.61. The SMILES string of the molecule is NC(=O)COc1ccc(S(=O)(=O)N2C3CCC2CC2(C3)NC(=O)N[C@H]3OCCC[C@H]32)cc1. The molecule has 4 atom stereocenters. The van der Waals surface area contributed by atoms with E-state index >= 15 is 0 Å². The molecule has 1 aromatic rings. The summed E-state index contributed by atoms with van der Waals surface area (Å²) in [7, 11) is -3.72. The van der Waals surface area contributed by atoms with Crippen LogP contribution in [0.5, 0.6) is 5.75 Å². The average molecular weight is 465 g/mol. The van der Waals surface area contributed by atoms with Crippen LogP contribution in [0.25, 0.3) is 0 Å². The molecule has 4 saturated heterocycles. The van der Waals surface area contributed by atoms with Gasteiger partial charge in [0.25, 0.3) is 5.91 Å². The zero-order valence-electron chi connectivity index (χ0n) is 17.7. The first-order valence-corrected chi connectivity index (χ1v) is 12.5. The molecule has 0 aliphatic carbocycles. The van der Waals surface area contributed by atoms with Crippen LogP contribution >= 0.6 is 0 Å². The predicted octanol–water partition coefficient (Wildman–Crippen LogP) is 0.671. The van der Waals surface area contributed by atoms with E-state index in [0.717, 1.165) is 25.7 Å². The summed E-state index contributed by atoms with van der Waals surface area (Å²) in [5.41, 5.74) is 4.63. The molecule has 0 radical (unpaired) electrons. The molecule has 5 rings (SSSR count). The zero-order valence-corrected chi connectivity index (χ0v) is 18.5. The van der Waals surface area contributed by atoms with Gasteiger partial charge < -0.3 is 25.8 Å². The molecule has 4 N–H and O–H groups in total. The Morgan fingerprint density at radius 2 is 1.88 bits per heavy atom. The highest BCUT2D eigenvalue weighted by Crippen LogP contribution is 2.49. The number of piperidine rings is 1. The Morgan fingerprint density at radius 3 is 2.53 bits per heavy atom. The molecule has 32 heavy (non-hydrogen) atoms. The molecule has 1 aromatic carbocycles. The van der Waals surface area contributed by atoms with Gasteiger partial charge in [-0.25, -0.2) is 13.2 Å². The highest BCUT2D eigenvalue weighted by atomic mass is 32.2. The standard InChI is InChI=1S/C21H28N4O6S/c22-18(26)12-31-15-5-7-16(8-6-15)32(28,29)25-13-3-4-14(25)11-21(10-13)17-2-1-9-30-19(17)23-20(27)24-21/h5-8,13-14,17,19H,1-4,9-12H2,(H2,22,26)(H2,23,24,27)/t13?,14?,17-,19+,21?/m1/s1. The minimum atomic E-state index is -3.72. The summed E-state index contributed by atoms with van der Waals surface area (Å²) >= 11 is 0. The molecule has 2 unspecified atom stereocenters. The minimum Gasteiger partial charge on any atom is -0.484 e. The summed E-state index contributed by atoms with van der Waals surface area (Å²) in [6.07, 6.45) is 4.27. The number of benzene rings is 1. The Kier molecular flexibility index (Phi) is 5.30. The molecule has 11 heteroatoms. The van der Waals surface area contributed by atoms with Crippen LogP contribution in [0, 0.1) is 5.92 Å². The maximum atomic E-state index is 13.5. The van der Waals surface area contributed by atoms with Gasteiger partial charge in [-0.3, -0.25) is 4.79 Å². The Bertz CT molecular complexity index is 1000. The van der Waals surface area contributed by atoms with Gasteiger partial charge in [0.2, 0.25) is 10.0 Å². The number of hydrogen-bond donors (Lipinski definition) is 3. The number of nitrogens with zero attached hydrogens (tertiary/aromatic N) is 1. The number of amides is 3. The molecular weight excluding hydrogens is 436 g/mol. The quantitative estimate of drug-likeness (QED) is 0.585. The van der Waals surface area contributed by atoms with Gasteiger partial charge >= 0.3 is 6.03 Å². The molecule has 174 valence electrons. The second-order valence-corrected chi connectivity index (χ2v) is 11.0. The van der Waals surface area contributed by atoms with E-state index in [1.165, 1.54) is 24.3 Å². The molecular formula is C21H28N4O6S. The number of nitrogens with one attached hydrogen (secondary N) is 2. The molecule has 4 heterocycles. The lowest BCUT2D eigenvalue weighted by molar-refractivity contribution is -0.119. The molecule has 0 aromatic heterocycles. The lowest BCUT2D eigenvalue weighted by Crippen LogP contribution is -2.73. The molecule has 10 nitrogen and oxygen atoms in total. The van der Waals surface area contributed by atoms with Crippen LogP contribution in [0.4, 0.5) is 4.79 Å². The number of hydrogen-bond acceptors (Lipinski definition) is 6. The number of carbonyl (C=O) groups excluding carboxylic acids is 2. The lowest BCUT2D eigenvalue weighted by atomic mass is 9.69. The first-order chi connectivity index (χ1) is 15.3. The molecule has 0 saturated carbocycles. The van der Waals surface area contributed by atoms with Crippen molar-refractivity contribution in [3.8, 4) is 5.75 Å². The summed E-state index contributed by atoms with van der Waals surface area (Å²) in [5.74, 6) is -0.0937. The Labute approximate surface area is 186 Å². The molecule has 4 aliphatic rings. The monoisotopic (exact) mass is 464 g/mol. The first-order valence-electron chi connectivity index (χ1n) is 11.0. The van der Waals surface area contributed by atoms with E-state index in [0.29, 0.717) is 25.2 Å². The van der Waals surface area contributed by atoms with Crippen LogP contribution in [-0.2, 0) is 19.6 Å². The number of rotatable bonds is 5. The van der Waals surface area contributed by atoms with E-state index in [1.54, 1.807) is 4.31 Å². The largest absolute Gasteiger partial charge is 0.484 e. The van der Waals surface area contributed by atoms with Gasteiger partial charge in [0.05, 0.1) is 10.4 Å². The van der Waals surface area contributed by atoms with Gasteiger partial charge in [-0.1, -0.05) is 0 Å². The Balaban J connectivity index is 1.37. The molecule has 4 fully saturated rings. The van der Waals surface area contributed by atoms with Gasteiger partial charge in [0, 0.05) is 24.6 Å². The van der Waals surface area contributed by atoms with E-state index in [1.807, 2.05) is 0 Å². The second-order valence-electron chi connectivity index (χ2n) is 9.15. The summed E-state index contributed by atoms with van der Waals surface area (Å²) < 4.78 is 39.8. The summed E-state index contributed by atoms with van der Waals surface area (Å²) in [6, 6.07) is 5.45. The van der Waals surface area contributed by atoms with Crippen molar-refractivity contribution in [2.24, 2.45) is 11.7 Å². The van der Waals surface area contributed by atoms with Crippen molar-refractivity contribution in [3.63, 3.8) is 0 Å². The van der Waals surface area contributed by atoms with Crippen molar-refractivity contribution in [1.82, 2.24) is 14.9 Å². The smallest absolute Gasteiger partial charge is 0.317 e. The van der Waals surface area contributed by atoms with Crippen LogP contribution in [-0.4, -0.2) is 61.7 Å². The van der Waals surface area contributed by atoms with Crippen molar-refractivity contribution in [2.75, 3.05) is 13.2 Å². The van der Waals surface area contributed by atoms with Crippen LogP contribution < -0.4 is 21.1 Å². The van der Waals surface area contributed by atoms with E-state index in [2.05, 4.69) is 10.6 Å². The summed E-state index contributed by atoms with van der Waals surface area (Å²) in [6.45, 7) is 0.362. The number of carbonyl (C=O) groups is 2.